The van der Waals surface area contributed by atoms with E-state index in [0.29, 0.717) is 23.2 Å². The molecular formula is C13H20N2O3S. The van der Waals surface area contributed by atoms with Crippen LogP contribution in [0.2, 0.25) is 0 Å². The predicted octanol–water partition coefficient (Wildman–Crippen LogP) is 3.03. The minimum Gasteiger partial charge on any atom is -0.396 e. The van der Waals surface area contributed by atoms with Crippen LogP contribution in [-0.4, -0.2) is 28.4 Å². The maximum atomic E-state index is 11.0. The molecule has 0 saturated heterocycles. The normalized spacial score (nSPS) is 12.2. The molecule has 106 valence electrons. The summed E-state index contributed by atoms with van der Waals surface area (Å²) >= 11 is 1.69. The number of hydrogen-bond donors (Lipinski definition) is 2. The van der Waals surface area contributed by atoms with E-state index in [1.807, 2.05) is 19.9 Å². The zero-order chi connectivity index (χ0) is 14.3. The summed E-state index contributed by atoms with van der Waals surface area (Å²) in [5.74, 6) is 0.717. The van der Waals surface area contributed by atoms with Gasteiger partial charge in [0.25, 0.3) is 5.69 Å². The summed E-state index contributed by atoms with van der Waals surface area (Å²) in [6.07, 6.45) is 0.738. The molecule has 1 aromatic carbocycles. The Morgan fingerprint density at radius 3 is 2.84 bits per heavy atom. The fourth-order valence-electron chi connectivity index (χ4n) is 1.66. The van der Waals surface area contributed by atoms with Crippen LogP contribution in [0.1, 0.15) is 25.8 Å². The SMILES string of the molecule is CCNc1ccc(CSC(C)CCO)cc1[N+](=O)[O-]. The molecule has 0 bridgehead atoms. The number of nitro benzene ring substituents is 1. The molecule has 0 aliphatic carbocycles. The van der Waals surface area contributed by atoms with E-state index in [2.05, 4.69) is 5.32 Å². The Kier molecular flexibility index (Phi) is 6.66. The van der Waals surface area contributed by atoms with Crippen molar-refractivity contribution >= 4 is 23.1 Å². The van der Waals surface area contributed by atoms with Gasteiger partial charge in [0.15, 0.2) is 0 Å². The van der Waals surface area contributed by atoms with Gasteiger partial charge in [-0.2, -0.15) is 11.8 Å². The van der Waals surface area contributed by atoms with Gasteiger partial charge in [0.2, 0.25) is 0 Å². The van der Waals surface area contributed by atoms with Crippen LogP contribution in [-0.2, 0) is 5.75 Å². The minimum absolute atomic E-state index is 0.120. The molecule has 0 saturated carbocycles. The second-order valence-corrected chi connectivity index (χ2v) is 5.70. The number of benzene rings is 1. The first-order valence-corrected chi connectivity index (χ1v) is 7.37. The molecule has 6 heteroatoms. The number of nitro groups is 1. The number of hydrogen-bond acceptors (Lipinski definition) is 5. The topological polar surface area (TPSA) is 75.4 Å². The molecule has 0 aromatic heterocycles. The summed E-state index contributed by atoms with van der Waals surface area (Å²) in [5.41, 5.74) is 1.61. The lowest BCUT2D eigenvalue weighted by atomic mass is 10.2. The van der Waals surface area contributed by atoms with E-state index in [9.17, 15) is 10.1 Å². The molecule has 0 spiro atoms. The number of thioether (sulfide) groups is 1. The Labute approximate surface area is 117 Å². The van der Waals surface area contributed by atoms with Crippen molar-refractivity contribution in [3.63, 3.8) is 0 Å². The molecule has 5 nitrogen and oxygen atoms in total. The zero-order valence-corrected chi connectivity index (χ0v) is 12.1. The van der Waals surface area contributed by atoms with Crippen molar-refractivity contribution in [2.75, 3.05) is 18.5 Å². The highest BCUT2D eigenvalue weighted by Gasteiger charge is 2.14. The third-order valence-electron chi connectivity index (χ3n) is 2.70. The summed E-state index contributed by atoms with van der Waals surface area (Å²) in [6.45, 7) is 4.78. The second-order valence-electron chi connectivity index (χ2n) is 4.27. The molecule has 0 fully saturated rings. The van der Waals surface area contributed by atoms with E-state index >= 15 is 0 Å². The van der Waals surface area contributed by atoms with Gasteiger partial charge < -0.3 is 10.4 Å². The highest BCUT2D eigenvalue weighted by atomic mass is 32.2. The number of aliphatic hydroxyl groups excluding tert-OH is 1. The van der Waals surface area contributed by atoms with Crippen LogP contribution in [0.3, 0.4) is 0 Å². The van der Waals surface area contributed by atoms with Gasteiger partial charge in [-0.1, -0.05) is 13.0 Å². The van der Waals surface area contributed by atoms with E-state index in [4.69, 9.17) is 5.11 Å². The van der Waals surface area contributed by atoms with Gasteiger partial charge in [-0.3, -0.25) is 10.1 Å². The van der Waals surface area contributed by atoms with Crippen LogP contribution in [0.25, 0.3) is 0 Å². The van der Waals surface area contributed by atoms with Crippen LogP contribution in [0.15, 0.2) is 18.2 Å². The quantitative estimate of drug-likeness (QED) is 0.567. The summed E-state index contributed by atoms with van der Waals surface area (Å²) in [7, 11) is 0. The molecular weight excluding hydrogens is 264 g/mol. The third-order valence-corrected chi connectivity index (χ3v) is 4.00. The first-order chi connectivity index (χ1) is 9.08. The molecule has 0 heterocycles. The lowest BCUT2D eigenvalue weighted by molar-refractivity contribution is -0.384. The standard InChI is InChI=1S/C13H20N2O3S/c1-3-14-12-5-4-11(8-13(12)15(17)18)9-19-10(2)6-7-16/h4-5,8,10,14,16H,3,6-7,9H2,1-2H3. The van der Waals surface area contributed by atoms with Crippen molar-refractivity contribution in [1.82, 2.24) is 0 Å². The van der Waals surface area contributed by atoms with Gasteiger partial charge in [0.1, 0.15) is 5.69 Å². The third kappa shape index (κ3) is 5.08. The van der Waals surface area contributed by atoms with Crippen molar-refractivity contribution in [3.8, 4) is 0 Å². The minimum atomic E-state index is -0.358. The monoisotopic (exact) mass is 284 g/mol. The Bertz CT molecular complexity index is 426. The van der Waals surface area contributed by atoms with Gasteiger partial charge in [0, 0.05) is 30.2 Å². The van der Waals surface area contributed by atoms with Crippen LogP contribution < -0.4 is 5.32 Å². The van der Waals surface area contributed by atoms with E-state index in [-0.39, 0.29) is 17.2 Å². The molecule has 0 radical (unpaired) electrons. The van der Waals surface area contributed by atoms with Crippen LogP contribution in [0.5, 0.6) is 0 Å². The molecule has 0 aliphatic heterocycles. The average Bonchev–Trinajstić information content (AvgIpc) is 2.38. The van der Waals surface area contributed by atoms with Crippen LogP contribution in [0.4, 0.5) is 11.4 Å². The van der Waals surface area contributed by atoms with E-state index < -0.39 is 0 Å². The van der Waals surface area contributed by atoms with Crippen LogP contribution in [0, 0.1) is 10.1 Å². The maximum Gasteiger partial charge on any atom is 0.292 e. The Morgan fingerprint density at radius 2 is 2.26 bits per heavy atom. The number of nitrogens with zero attached hydrogens (tertiary/aromatic N) is 1. The Balaban J connectivity index is 2.75. The average molecular weight is 284 g/mol. The molecule has 19 heavy (non-hydrogen) atoms. The number of anilines is 1. The Morgan fingerprint density at radius 1 is 1.53 bits per heavy atom. The van der Waals surface area contributed by atoms with E-state index in [1.54, 1.807) is 23.9 Å². The highest BCUT2D eigenvalue weighted by Crippen LogP contribution is 2.28. The summed E-state index contributed by atoms with van der Waals surface area (Å²) in [4.78, 5) is 10.7. The molecule has 1 unspecified atom stereocenters. The lowest BCUT2D eigenvalue weighted by Gasteiger charge is -2.10. The summed E-state index contributed by atoms with van der Waals surface area (Å²) in [6, 6.07) is 5.29. The van der Waals surface area contributed by atoms with Crippen molar-refractivity contribution in [2.45, 2.75) is 31.3 Å². The number of rotatable bonds is 8. The smallest absolute Gasteiger partial charge is 0.292 e. The molecule has 1 atom stereocenters. The van der Waals surface area contributed by atoms with Crippen molar-refractivity contribution < 1.29 is 10.0 Å². The first-order valence-electron chi connectivity index (χ1n) is 6.32. The lowest BCUT2D eigenvalue weighted by Crippen LogP contribution is -2.03. The van der Waals surface area contributed by atoms with Gasteiger partial charge >= 0.3 is 0 Å². The summed E-state index contributed by atoms with van der Waals surface area (Å²) < 4.78 is 0. The van der Waals surface area contributed by atoms with Crippen LogP contribution >= 0.6 is 11.8 Å². The maximum absolute atomic E-state index is 11.0. The predicted molar refractivity (Wildman–Crippen MR) is 79.7 cm³/mol. The van der Waals surface area contributed by atoms with Gasteiger partial charge in [-0.15, -0.1) is 0 Å². The van der Waals surface area contributed by atoms with Gasteiger partial charge in [-0.25, -0.2) is 0 Å². The summed E-state index contributed by atoms with van der Waals surface area (Å²) in [5, 5.41) is 23.2. The Hall–Kier alpha value is -1.27. The van der Waals surface area contributed by atoms with Gasteiger partial charge in [0.05, 0.1) is 4.92 Å². The number of aliphatic hydroxyl groups is 1. The first kappa shape index (κ1) is 15.8. The fraction of sp³-hybridized carbons (Fsp3) is 0.538. The molecule has 1 rings (SSSR count). The van der Waals surface area contributed by atoms with Crippen molar-refractivity contribution in [3.05, 3.63) is 33.9 Å². The molecule has 0 aliphatic rings. The highest BCUT2D eigenvalue weighted by molar-refractivity contribution is 7.99. The van der Waals surface area contributed by atoms with Crippen molar-refractivity contribution in [2.24, 2.45) is 0 Å². The largest absolute Gasteiger partial charge is 0.396 e. The zero-order valence-electron chi connectivity index (χ0n) is 11.3. The molecule has 0 amide bonds. The van der Waals surface area contributed by atoms with Gasteiger partial charge in [-0.05, 0) is 25.0 Å². The molecule has 1 aromatic rings. The molecule has 2 N–H and O–H groups in total. The fourth-order valence-corrected chi connectivity index (χ4v) is 2.59. The van der Waals surface area contributed by atoms with E-state index in [0.717, 1.165) is 12.0 Å². The number of nitrogens with one attached hydrogen (secondary N) is 1. The van der Waals surface area contributed by atoms with Crippen molar-refractivity contribution in [1.29, 1.82) is 0 Å². The van der Waals surface area contributed by atoms with E-state index in [1.165, 1.54) is 0 Å². The second kappa shape index (κ2) is 8.01.